The maximum absolute atomic E-state index is 11.7. The van der Waals surface area contributed by atoms with Gasteiger partial charge < -0.3 is 5.32 Å². The Morgan fingerprint density at radius 1 is 1.11 bits per heavy atom. The normalized spacial score (nSPS) is 13.6. The van der Waals surface area contributed by atoms with E-state index in [0.717, 1.165) is 5.69 Å². The molecule has 0 amide bonds. The number of anilines is 1. The van der Waals surface area contributed by atoms with Crippen LogP contribution >= 0.6 is 0 Å². The molecule has 2 N–H and O–H groups in total. The zero-order chi connectivity index (χ0) is 13.8. The minimum Gasteiger partial charge on any atom is -0.382 e. The second-order valence-electron chi connectivity index (χ2n) is 4.70. The molecule has 0 aliphatic heterocycles. The number of nitrogens with one attached hydrogen (secondary N) is 2. The zero-order valence-electron chi connectivity index (χ0n) is 11.4. The molecule has 0 bridgehead atoms. The number of benzene rings is 1. The van der Waals surface area contributed by atoms with Crippen LogP contribution < -0.4 is 10.0 Å². The average molecular weight is 270 g/mol. The van der Waals surface area contributed by atoms with Crippen LogP contribution in [0.1, 0.15) is 27.7 Å². The van der Waals surface area contributed by atoms with E-state index in [0.29, 0.717) is 23.4 Å². The van der Waals surface area contributed by atoms with Gasteiger partial charge in [0, 0.05) is 18.3 Å². The van der Waals surface area contributed by atoms with Gasteiger partial charge in [-0.3, -0.25) is 0 Å². The Hall–Kier alpha value is -1.07. The molecule has 0 saturated heterocycles. The summed E-state index contributed by atoms with van der Waals surface area (Å²) in [5.74, 6) is 0.523. The predicted molar refractivity (Wildman–Crippen MR) is 75.2 cm³/mol. The van der Waals surface area contributed by atoms with Crippen molar-refractivity contribution in [1.82, 2.24) is 4.72 Å². The van der Waals surface area contributed by atoms with Crippen molar-refractivity contribution in [2.45, 2.75) is 38.6 Å². The van der Waals surface area contributed by atoms with Gasteiger partial charge in [0.05, 0.1) is 4.90 Å². The summed E-state index contributed by atoms with van der Waals surface area (Å²) < 4.78 is 26.0. The second-order valence-corrected chi connectivity index (χ2v) is 6.47. The molecular formula is C13H22N2O2S. The lowest BCUT2D eigenvalue weighted by Gasteiger charge is -2.18. The minimum absolute atomic E-state index is 0.298. The third-order valence-corrected chi connectivity index (χ3v) is 4.45. The molecule has 18 heavy (non-hydrogen) atoms. The van der Waals surface area contributed by atoms with Gasteiger partial charge in [0.15, 0.2) is 0 Å². The molecule has 1 atom stereocenters. The van der Waals surface area contributed by atoms with E-state index < -0.39 is 10.0 Å². The predicted octanol–water partition coefficient (Wildman–Crippen LogP) is 2.44. The van der Waals surface area contributed by atoms with Crippen molar-refractivity contribution >= 4 is 15.7 Å². The van der Waals surface area contributed by atoms with E-state index in [1.807, 2.05) is 0 Å². The molecule has 1 unspecified atom stereocenters. The monoisotopic (exact) mass is 270 g/mol. The maximum Gasteiger partial charge on any atom is 0.240 e. The summed E-state index contributed by atoms with van der Waals surface area (Å²) in [4.78, 5) is 0.298. The Labute approximate surface area is 110 Å². The van der Waals surface area contributed by atoms with E-state index >= 15 is 0 Å². The highest BCUT2D eigenvalue weighted by Crippen LogP contribution is 2.16. The quantitative estimate of drug-likeness (QED) is 0.834. The maximum atomic E-state index is 11.7. The molecule has 0 aliphatic carbocycles. The third-order valence-electron chi connectivity index (χ3n) is 2.89. The van der Waals surface area contributed by atoms with Gasteiger partial charge in [-0.1, -0.05) is 20.8 Å². The molecule has 0 spiro atoms. The van der Waals surface area contributed by atoms with Gasteiger partial charge in [-0.15, -0.1) is 0 Å². The van der Waals surface area contributed by atoms with E-state index in [1.54, 1.807) is 31.2 Å². The van der Waals surface area contributed by atoms with Crippen LogP contribution in [0.25, 0.3) is 0 Å². The smallest absolute Gasteiger partial charge is 0.240 e. The minimum atomic E-state index is -3.35. The second kappa shape index (κ2) is 6.20. The summed E-state index contributed by atoms with van der Waals surface area (Å²) >= 11 is 0. The van der Waals surface area contributed by atoms with E-state index in [4.69, 9.17) is 0 Å². The molecule has 102 valence electrons. The van der Waals surface area contributed by atoms with Crippen LogP contribution in [0.5, 0.6) is 0 Å². The van der Waals surface area contributed by atoms with Crippen LogP contribution in [-0.2, 0) is 10.0 Å². The van der Waals surface area contributed by atoms with Gasteiger partial charge in [-0.2, -0.15) is 0 Å². The number of rotatable bonds is 6. The van der Waals surface area contributed by atoms with Crippen LogP contribution in [0.2, 0.25) is 0 Å². The summed E-state index contributed by atoms with van der Waals surface area (Å²) in [5.41, 5.74) is 0.937. The van der Waals surface area contributed by atoms with Crippen molar-refractivity contribution in [1.29, 1.82) is 0 Å². The molecule has 0 saturated carbocycles. The Morgan fingerprint density at radius 2 is 1.67 bits per heavy atom. The Morgan fingerprint density at radius 3 is 2.11 bits per heavy atom. The lowest BCUT2D eigenvalue weighted by Crippen LogP contribution is -2.23. The van der Waals surface area contributed by atoms with Gasteiger partial charge in [0.25, 0.3) is 0 Å². The SMILES string of the molecule is CCNS(=O)(=O)c1ccc(NC(C)C(C)C)cc1. The highest BCUT2D eigenvalue weighted by Gasteiger charge is 2.12. The Balaban J connectivity index is 2.81. The van der Waals surface area contributed by atoms with Crippen LogP contribution in [0.4, 0.5) is 5.69 Å². The van der Waals surface area contributed by atoms with Gasteiger partial charge in [-0.05, 0) is 37.1 Å². The van der Waals surface area contributed by atoms with Crippen molar-refractivity contribution in [3.63, 3.8) is 0 Å². The molecule has 4 nitrogen and oxygen atoms in total. The standard InChI is InChI=1S/C13H22N2O2S/c1-5-14-18(16,17)13-8-6-12(7-9-13)15-11(4)10(2)3/h6-11,14-15H,5H2,1-4H3. The molecule has 0 aliphatic rings. The lowest BCUT2D eigenvalue weighted by atomic mass is 10.1. The zero-order valence-corrected chi connectivity index (χ0v) is 12.2. The van der Waals surface area contributed by atoms with Crippen molar-refractivity contribution in [3.05, 3.63) is 24.3 Å². The highest BCUT2D eigenvalue weighted by molar-refractivity contribution is 7.89. The van der Waals surface area contributed by atoms with E-state index in [-0.39, 0.29) is 0 Å². The van der Waals surface area contributed by atoms with Gasteiger partial charge in [0.2, 0.25) is 10.0 Å². The Bertz CT molecular complexity index is 466. The summed E-state index contributed by atoms with van der Waals surface area (Å²) in [6, 6.07) is 7.17. The molecule has 1 aromatic carbocycles. The molecule has 0 radical (unpaired) electrons. The van der Waals surface area contributed by atoms with Gasteiger partial charge >= 0.3 is 0 Å². The summed E-state index contributed by atoms with van der Waals surface area (Å²) in [5, 5.41) is 3.34. The first-order valence-electron chi connectivity index (χ1n) is 6.23. The first-order valence-corrected chi connectivity index (χ1v) is 7.71. The number of sulfonamides is 1. The molecule has 0 fully saturated rings. The molecule has 5 heteroatoms. The van der Waals surface area contributed by atoms with Crippen LogP contribution in [0.15, 0.2) is 29.2 Å². The summed E-state index contributed by atoms with van der Waals surface area (Å²) in [6.45, 7) is 8.54. The largest absolute Gasteiger partial charge is 0.382 e. The van der Waals surface area contributed by atoms with Crippen molar-refractivity contribution in [2.75, 3.05) is 11.9 Å². The van der Waals surface area contributed by atoms with Crippen molar-refractivity contribution in [3.8, 4) is 0 Å². The fourth-order valence-corrected chi connectivity index (χ4v) is 2.47. The first-order chi connectivity index (χ1) is 8.36. The molecule has 0 heterocycles. The average Bonchev–Trinajstić information content (AvgIpc) is 2.29. The van der Waals surface area contributed by atoms with Gasteiger partial charge in [-0.25, -0.2) is 13.1 Å². The van der Waals surface area contributed by atoms with Gasteiger partial charge in [0.1, 0.15) is 0 Å². The summed E-state index contributed by atoms with van der Waals surface area (Å²) in [6.07, 6.45) is 0. The van der Waals surface area contributed by atoms with Crippen LogP contribution in [0.3, 0.4) is 0 Å². The van der Waals surface area contributed by atoms with Crippen LogP contribution in [-0.4, -0.2) is 21.0 Å². The number of hydrogen-bond donors (Lipinski definition) is 2. The first kappa shape index (κ1) is 15.0. The fourth-order valence-electron chi connectivity index (χ4n) is 1.43. The molecule has 1 rings (SSSR count). The van der Waals surface area contributed by atoms with E-state index in [2.05, 4.69) is 30.8 Å². The Kier molecular flexibility index (Phi) is 5.16. The van der Waals surface area contributed by atoms with Crippen molar-refractivity contribution in [2.24, 2.45) is 5.92 Å². The topological polar surface area (TPSA) is 58.2 Å². The van der Waals surface area contributed by atoms with E-state index in [9.17, 15) is 8.42 Å². The highest BCUT2D eigenvalue weighted by atomic mass is 32.2. The van der Waals surface area contributed by atoms with E-state index in [1.165, 1.54) is 0 Å². The third kappa shape index (κ3) is 3.99. The van der Waals surface area contributed by atoms with Crippen LogP contribution in [0, 0.1) is 5.92 Å². The molecular weight excluding hydrogens is 248 g/mol. The molecule has 1 aromatic rings. The molecule has 0 aromatic heterocycles. The number of hydrogen-bond acceptors (Lipinski definition) is 3. The summed E-state index contributed by atoms with van der Waals surface area (Å²) in [7, 11) is -3.35. The van der Waals surface area contributed by atoms with Crippen molar-refractivity contribution < 1.29 is 8.42 Å². The lowest BCUT2D eigenvalue weighted by molar-refractivity contribution is 0.560. The fraction of sp³-hybridized carbons (Fsp3) is 0.538.